The van der Waals surface area contributed by atoms with Crippen LogP contribution in [0.15, 0.2) is 11.6 Å². The molecule has 5 aliphatic carbocycles. The standard InChI is InChI=1S/C31H50O2/c1-21-10-9-11-22-28(21,4)13-12-23-29(22,5)17-19-31(7)24-20-27(3,25(32)33-8)15-14-26(24,2)16-18-30(23,31)6/h10,22-24H,9,11-20H2,1-8H3/t22-,23+,24-,26-,27-,28-,29+,30-,31+/m1/s1. The third-order valence-corrected chi connectivity index (χ3v) is 13.8. The molecule has 0 bridgehead atoms. The number of esters is 1. The van der Waals surface area contributed by atoms with Gasteiger partial charge < -0.3 is 4.74 Å². The molecule has 5 rings (SSSR count). The molecule has 0 radical (unpaired) electrons. The van der Waals surface area contributed by atoms with Gasteiger partial charge in [-0.1, -0.05) is 46.3 Å². The summed E-state index contributed by atoms with van der Waals surface area (Å²) in [6.45, 7) is 17.9. The van der Waals surface area contributed by atoms with Gasteiger partial charge in [0, 0.05) is 0 Å². The van der Waals surface area contributed by atoms with Gasteiger partial charge in [-0.2, -0.15) is 0 Å². The van der Waals surface area contributed by atoms with Gasteiger partial charge in [0.15, 0.2) is 0 Å². The van der Waals surface area contributed by atoms with Gasteiger partial charge in [0.2, 0.25) is 0 Å². The summed E-state index contributed by atoms with van der Waals surface area (Å²) in [5, 5.41) is 0. The average molecular weight is 455 g/mol. The van der Waals surface area contributed by atoms with Crippen LogP contribution >= 0.6 is 0 Å². The van der Waals surface area contributed by atoms with Crippen LogP contribution in [0.1, 0.15) is 119 Å². The Morgan fingerprint density at radius 2 is 1.45 bits per heavy atom. The molecule has 0 saturated heterocycles. The minimum absolute atomic E-state index is 0.0268. The molecule has 9 atom stereocenters. The van der Waals surface area contributed by atoms with Crippen molar-refractivity contribution in [2.24, 2.45) is 50.2 Å². The number of carbonyl (C=O) groups is 1. The number of methoxy groups -OCH3 is 1. The van der Waals surface area contributed by atoms with Crippen LogP contribution in [0, 0.1) is 50.2 Å². The van der Waals surface area contributed by atoms with Gasteiger partial charge in [-0.3, -0.25) is 4.79 Å². The molecule has 0 aliphatic heterocycles. The number of hydrogen-bond acceptors (Lipinski definition) is 2. The molecule has 186 valence electrons. The van der Waals surface area contributed by atoms with E-state index < -0.39 is 0 Å². The first-order valence-electron chi connectivity index (χ1n) is 14.0. The van der Waals surface area contributed by atoms with E-state index in [1.807, 2.05) is 0 Å². The first-order chi connectivity index (χ1) is 15.3. The smallest absolute Gasteiger partial charge is 0.311 e. The lowest BCUT2D eigenvalue weighted by molar-refractivity contribution is -0.249. The predicted octanol–water partition coefficient (Wildman–Crippen LogP) is 8.35. The van der Waals surface area contributed by atoms with Crippen molar-refractivity contribution in [2.45, 2.75) is 119 Å². The first-order valence-corrected chi connectivity index (χ1v) is 14.0. The lowest BCUT2D eigenvalue weighted by Crippen LogP contribution is -2.67. The zero-order valence-corrected chi connectivity index (χ0v) is 22.9. The fourth-order valence-electron chi connectivity index (χ4n) is 11.2. The van der Waals surface area contributed by atoms with E-state index >= 15 is 0 Å². The lowest BCUT2D eigenvalue weighted by Gasteiger charge is -2.74. The molecule has 4 fully saturated rings. The summed E-state index contributed by atoms with van der Waals surface area (Å²) in [6.07, 6.45) is 16.6. The van der Waals surface area contributed by atoms with Gasteiger partial charge in [0.05, 0.1) is 12.5 Å². The molecule has 0 aromatic carbocycles. The van der Waals surface area contributed by atoms with Gasteiger partial charge in [-0.25, -0.2) is 0 Å². The van der Waals surface area contributed by atoms with E-state index in [2.05, 4.69) is 54.5 Å². The van der Waals surface area contributed by atoms with Crippen molar-refractivity contribution in [3.8, 4) is 0 Å². The van der Waals surface area contributed by atoms with Crippen LogP contribution in [0.2, 0.25) is 0 Å². The second kappa shape index (κ2) is 7.13. The number of hydrogen-bond donors (Lipinski definition) is 0. The van der Waals surface area contributed by atoms with E-state index in [1.165, 1.54) is 57.8 Å². The van der Waals surface area contributed by atoms with Crippen molar-refractivity contribution in [3.63, 3.8) is 0 Å². The Kier molecular flexibility index (Phi) is 5.17. The topological polar surface area (TPSA) is 26.3 Å². The summed E-state index contributed by atoms with van der Waals surface area (Å²) in [5.41, 5.74) is 3.28. The highest BCUT2D eigenvalue weighted by Gasteiger charge is 2.70. The largest absolute Gasteiger partial charge is 0.469 e. The lowest BCUT2D eigenvalue weighted by atomic mass is 9.30. The van der Waals surface area contributed by atoms with Crippen LogP contribution in [0.25, 0.3) is 0 Å². The Morgan fingerprint density at radius 3 is 2.15 bits per heavy atom. The predicted molar refractivity (Wildman–Crippen MR) is 136 cm³/mol. The van der Waals surface area contributed by atoms with Crippen molar-refractivity contribution in [1.82, 2.24) is 0 Å². The number of fused-ring (bicyclic) bond motifs is 7. The molecular weight excluding hydrogens is 404 g/mol. The van der Waals surface area contributed by atoms with Crippen molar-refractivity contribution >= 4 is 5.97 Å². The summed E-state index contributed by atoms with van der Waals surface area (Å²) in [6, 6.07) is 0. The summed E-state index contributed by atoms with van der Waals surface area (Å²) in [7, 11) is 1.58. The molecule has 2 heteroatoms. The van der Waals surface area contributed by atoms with E-state index in [4.69, 9.17) is 4.74 Å². The molecule has 0 heterocycles. The monoisotopic (exact) mass is 454 g/mol. The molecule has 0 aromatic rings. The second-order valence-corrected chi connectivity index (χ2v) is 14.8. The van der Waals surface area contributed by atoms with Gasteiger partial charge in [-0.15, -0.1) is 0 Å². The Labute approximate surface area is 203 Å². The van der Waals surface area contributed by atoms with Gasteiger partial charge in [0.1, 0.15) is 0 Å². The number of allylic oxidation sites excluding steroid dienone is 2. The van der Waals surface area contributed by atoms with E-state index in [-0.39, 0.29) is 11.4 Å². The van der Waals surface area contributed by atoms with Crippen LogP contribution < -0.4 is 0 Å². The first kappa shape index (κ1) is 23.9. The van der Waals surface area contributed by atoms with E-state index in [9.17, 15) is 4.79 Å². The maximum atomic E-state index is 12.9. The molecule has 4 saturated carbocycles. The molecule has 0 amide bonds. The van der Waals surface area contributed by atoms with Crippen LogP contribution in [-0.2, 0) is 9.53 Å². The number of ether oxygens (including phenoxy) is 1. The number of carbonyl (C=O) groups excluding carboxylic acids is 1. The van der Waals surface area contributed by atoms with E-state index in [0.29, 0.717) is 33.0 Å². The fraction of sp³-hybridized carbons (Fsp3) is 0.903. The summed E-state index contributed by atoms with van der Waals surface area (Å²) >= 11 is 0. The third-order valence-electron chi connectivity index (χ3n) is 13.8. The Bertz CT molecular complexity index is 874. The van der Waals surface area contributed by atoms with Gasteiger partial charge in [-0.05, 0) is 129 Å². The average Bonchev–Trinajstić information content (AvgIpc) is 2.77. The van der Waals surface area contributed by atoms with Crippen LogP contribution in [0.3, 0.4) is 0 Å². The summed E-state index contributed by atoms with van der Waals surface area (Å²) in [4.78, 5) is 12.9. The Morgan fingerprint density at radius 1 is 0.818 bits per heavy atom. The highest BCUT2D eigenvalue weighted by Crippen LogP contribution is 2.78. The molecule has 2 nitrogen and oxygen atoms in total. The minimum atomic E-state index is -0.308. The zero-order chi connectivity index (χ0) is 24.1. The maximum absolute atomic E-state index is 12.9. The summed E-state index contributed by atoms with van der Waals surface area (Å²) in [5.74, 6) is 2.28. The van der Waals surface area contributed by atoms with Crippen molar-refractivity contribution in [1.29, 1.82) is 0 Å². The third kappa shape index (κ3) is 2.88. The Balaban J connectivity index is 1.54. The van der Waals surface area contributed by atoms with Crippen molar-refractivity contribution in [2.75, 3.05) is 7.11 Å². The minimum Gasteiger partial charge on any atom is -0.469 e. The summed E-state index contributed by atoms with van der Waals surface area (Å²) < 4.78 is 5.34. The normalized spacial score (nSPS) is 55.9. The molecular formula is C31H50O2. The molecule has 0 unspecified atom stereocenters. The highest BCUT2D eigenvalue weighted by molar-refractivity contribution is 5.76. The van der Waals surface area contributed by atoms with E-state index in [1.54, 1.807) is 12.7 Å². The van der Waals surface area contributed by atoms with E-state index in [0.717, 1.165) is 24.7 Å². The molecule has 0 N–H and O–H groups in total. The van der Waals surface area contributed by atoms with Crippen LogP contribution in [0.4, 0.5) is 0 Å². The Hall–Kier alpha value is -0.790. The van der Waals surface area contributed by atoms with Crippen molar-refractivity contribution < 1.29 is 9.53 Å². The fourth-order valence-corrected chi connectivity index (χ4v) is 11.2. The highest BCUT2D eigenvalue weighted by atomic mass is 16.5. The van der Waals surface area contributed by atoms with Gasteiger partial charge >= 0.3 is 5.97 Å². The SMILES string of the molecule is COC(=O)[C@]1(C)CC[C@]2(C)CC[C@]3(C)[C@H]4CC[C@]5(C)C(C)=CCC[C@H]5[C@]4(C)CC[C@@]3(C)[C@@H]2C1. The van der Waals surface area contributed by atoms with Crippen LogP contribution in [0.5, 0.6) is 0 Å². The molecule has 5 aliphatic rings. The molecule has 0 spiro atoms. The zero-order valence-electron chi connectivity index (χ0n) is 22.9. The van der Waals surface area contributed by atoms with Crippen molar-refractivity contribution in [3.05, 3.63) is 11.6 Å². The quantitative estimate of drug-likeness (QED) is 0.294. The van der Waals surface area contributed by atoms with Gasteiger partial charge in [0.25, 0.3) is 0 Å². The maximum Gasteiger partial charge on any atom is 0.311 e. The molecule has 0 aromatic heterocycles. The molecule has 33 heavy (non-hydrogen) atoms. The van der Waals surface area contributed by atoms with Crippen LogP contribution in [-0.4, -0.2) is 13.1 Å². The second-order valence-electron chi connectivity index (χ2n) is 14.8. The number of rotatable bonds is 1.